The highest BCUT2D eigenvalue weighted by Crippen LogP contribution is 2.30. The monoisotopic (exact) mass is 269 g/mol. The fourth-order valence-corrected chi connectivity index (χ4v) is 3.17. The van der Waals surface area contributed by atoms with Crippen LogP contribution in [0.4, 0.5) is 0 Å². The Balaban J connectivity index is 1.58. The van der Waals surface area contributed by atoms with Crippen molar-refractivity contribution in [1.82, 2.24) is 5.32 Å². The Hall–Kier alpha value is -1.54. The molecule has 1 heterocycles. The van der Waals surface area contributed by atoms with Gasteiger partial charge in [-0.1, -0.05) is 24.3 Å². The third kappa shape index (κ3) is 3.13. The van der Waals surface area contributed by atoms with Crippen LogP contribution in [-0.4, -0.2) is 6.04 Å². The van der Waals surface area contributed by atoms with Crippen molar-refractivity contribution in [3.05, 3.63) is 59.5 Å². The van der Waals surface area contributed by atoms with Crippen LogP contribution in [0.1, 0.15) is 49.1 Å². The van der Waals surface area contributed by atoms with Gasteiger partial charge in [-0.2, -0.15) is 0 Å². The van der Waals surface area contributed by atoms with Crippen molar-refractivity contribution < 1.29 is 4.42 Å². The van der Waals surface area contributed by atoms with Crippen molar-refractivity contribution in [2.75, 3.05) is 0 Å². The van der Waals surface area contributed by atoms with E-state index in [2.05, 4.69) is 42.6 Å². The molecule has 2 unspecified atom stereocenters. The quantitative estimate of drug-likeness (QED) is 0.877. The lowest BCUT2D eigenvalue weighted by atomic mass is 9.87. The zero-order valence-electron chi connectivity index (χ0n) is 12.1. The lowest BCUT2D eigenvalue weighted by Gasteiger charge is -2.29. The largest absolute Gasteiger partial charge is 0.469 e. The summed E-state index contributed by atoms with van der Waals surface area (Å²) in [4.78, 5) is 0. The van der Waals surface area contributed by atoms with E-state index in [-0.39, 0.29) is 0 Å². The fraction of sp³-hybridized carbons (Fsp3) is 0.444. The third-order valence-corrected chi connectivity index (χ3v) is 4.26. The van der Waals surface area contributed by atoms with Crippen LogP contribution in [0.15, 0.2) is 47.1 Å². The van der Waals surface area contributed by atoms with E-state index in [0.29, 0.717) is 12.1 Å². The Morgan fingerprint density at radius 2 is 2.15 bits per heavy atom. The number of aryl methyl sites for hydroxylation is 2. The Bertz CT molecular complexity index is 532. The molecular formula is C18H23NO. The standard InChI is InChI=1S/C18H23NO/c1-14(11-12-16-8-5-13-20-16)19-18-10-4-7-15-6-2-3-9-17(15)18/h2-3,5-6,8-9,13-14,18-19H,4,7,10-12H2,1H3. The molecule has 3 rings (SSSR count). The lowest BCUT2D eigenvalue weighted by Crippen LogP contribution is -2.33. The molecule has 106 valence electrons. The average Bonchev–Trinajstić information content (AvgIpc) is 2.99. The molecule has 0 fully saturated rings. The molecule has 20 heavy (non-hydrogen) atoms. The molecule has 0 radical (unpaired) electrons. The maximum absolute atomic E-state index is 5.40. The van der Waals surface area contributed by atoms with Gasteiger partial charge in [0.15, 0.2) is 0 Å². The van der Waals surface area contributed by atoms with Crippen molar-refractivity contribution in [3.8, 4) is 0 Å². The van der Waals surface area contributed by atoms with Crippen LogP contribution < -0.4 is 5.32 Å². The smallest absolute Gasteiger partial charge is 0.103 e. The molecule has 1 N–H and O–H groups in total. The van der Waals surface area contributed by atoms with Gasteiger partial charge in [-0.15, -0.1) is 0 Å². The molecule has 1 aromatic heterocycles. The first-order valence-corrected chi connectivity index (χ1v) is 7.69. The fourth-order valence-electron chi connectivity index (χ4n) is 3.17. The number of benzene rings is 1. The first kappa shape index (κ1) is 13.4. The SMILES string of the molecule is CC(CCc1ccco1)NC1CCCc2ccccc21. The van der Waals surface area contributed by atoms with E-state index in [1.165, 1.54) is 30.4 Å². The van der Waals surface area contributed by atoms with Gasteiger partial charge in [0.05, 0.1) is 6.26 Å². The lowest BCUT2D eigenvalue weighted by molar-refractivity contribution is 0.386. The first-order valence-electron chi connectivity index (χ1n) is 7.69. The predicted octanol–water partition coefficient (Wildman–Crippen LogP) is 4.27. The average molecular weight is 269 g/mol. The molecule has 0 bridgehead atoms. The van der Waals surface area contributed by atoms with Crippen LogP contribution in [0.25, 0.3) is 0 Å². The first-order chi connectivity index (χ1) is 9.83. The van der Waals surface area contributed by atoms with E-state index in [4.69, 9.17) is 4.42 Å². The van der Waals surface area contributed by atoms with Crippen molar-refractivity contribution in [2.45, 2.75) is 51.1 Å². The molecule has 1 aliphatic rings. The number of hydrogen-bond acceptors (Lipinski definition) is 2. The Kier molecular flexibility index (Phi) is 4.22. The zero-order valence-corrected chi connectivity index (χ0v) is 12.1. The number of nitrogens with one attached hydrogen (secondary N) is 1. The van der Waals surface area contributed by atoms with Crippen molar-refractivity contribution in [2.24, 2.45) is 0 Å². The summed E-state index contributed by atoms with van der Waals surface area (Å²) in [6.07, 6.45) is 7.66. The third-order valence-electron chi connectivity index (χ3n) is 4.26. The van der Waals surface area contributed by atoms with E-state index in [0.717, 1.165) is 18.6 Å². The van der Waals surface area contributed by atoms with Crippen molar-refractivity contribution in [3.63, 3.8) is 0 Å². The van der Waals surface area contributed by atoms with Crippen LogP contribution in [0.2, 0.25) is 0 Å². The summed E-state index contributed by atoms with van der Waals surface area (Å²) in [6.45, 7) is 2.28. The molecular weight excluding hydrogens is 246 g/mol. The number of fused-ring (bicyclic) bond motifs is 1. The highest BCUT2D eigenvalue weighted by molar-refractivity contribution is 5.32. The van der Waals surface area contributed by atoms with Crippen LogP contribution in [0.5, 0.6) is 0 Å². The topological polar surface area (TPSA) is 25.2 Å². The molecule has 0 spiro atoms. The van der Waals surface area contributed by atoms with E-state index in [1.807, 2.05) is 6.07 Å². The summed E-state index contributed by atoms with van der Waals surface area (Å²) in [7, 11) is 0. The van der Waals surface area contributed by atoms with Crippen LogP contribution in [-0.2, 0) is 12.8 Å². The number of furan rings is 1. The molecule has 1 aliphatic carbocycles. The van der Waals surface area contributed by atoms with E-state index < -0.39 is 0 Å². The Labute approximate surface area is 121 Å². The second-order valence-corrected chi connectivity index (χ2v) is 5.83. The second-order valence-electron chi connectivity index (χ2n) is 5.83. The molecule has 2 atom stereocenters. The summed E-state index contributed by atoms with van der Waals surface area (Å²) < 4.78 is 5.40. The molecule has 2 nitrogen and oxygen atoms in total. The second kappa shape index (κ2) is 6.27. The Morgan fingerprint density at radius 1 is 1.25 bits per heavy atom. The summed E-state index contributed by atoms with van der Waals surface area (Å²) in [5.41, 5.74) is 3.03. The van der Waals surface area contributed by atoms with Gasteiger partial charge in [0.1, 0.15) is 5.76 Å². The van der Waals surface area contributed by atoms with Crippen LogP contribution >= 0.6 is 0 Å². The summed E-state index contributed by atoms with van der Waals surface area (Å²) in [5.74, 6) is 1.09. The summed E-state index contributed by atoms with van der Waals surface area (Å²) >= 11 is 0. The minimum absolute atomic E-state index is 0.510. The van der Waals surface area contributed by atoms with Gasteiger partial charge in [-0.25, -0.2) is 0 Å². The zero-order chi connectivity index (χ0) is 13.8. The maximum atomic E-state index is 5.40. The van der Waals surface area contributed by atoms with Gasteiger partial charge in [0, 0.05) is 18.5 Å². The number of rotatable bonds is 5. The number of hydrogen-bond donors (Lipinski definition) is 1. The summed E-state index contributed by atoms with van der Waals surface area (Å²) in [5, 5.41) is 3.80. The maximum Gasteiger partial charge on any atom is 0.103 e. The molecule has 2 heteroatoms. The van der Waals surface area contributed by atoms with E-state index in [1.54, 1.807) is 6.26 Å². The predicted molar refractivity (Wildman–Crippen MR) is 81.7 cm³/mol. The molecule has 1 aromatic carbocycles. The van der Waals surface area contributed by atoms with Gasteiger partial charge in [-0.05, 0) is 55.9 Å². The van der Waals surface area contributed by atoms with Gasteiger partial charge in [-0.3, -0.25) is 0 Å². The molecule has 0 saturated heterocycles. The minimum atomic E-state index is 0.510. The van der Waals surface area contributed by atoms with E-state index >= 15 is 0 Å². The molecule has 0 saturated carbocycles. The van der Waals surface area contributed by atoms with Gasteiger partial charge >= 0.3 is 0 Å². The van der Waals surface area contributed by atoms with Crippen molar-refractivity contribution >= 4 is 0 Å². The summed E-state index contributed by atoms with van der Waals surface area (Å²) in [6, 6.07) is 13.9. The molecule has 0 amide bonds. The normalized spacial score (nSPS) is 19.6. The highest BCUT2D eigenvalue weighted by atomic mass is 16.3. The molecule has 2 aromatic rings. The van der Waals surface area contributed by atoms with Crippen molar-refractivity contribution in [1.29, 1.82) is 0 Å². The van der Waals surface area contributed by atoms with Gasteiger partial charge < -0.3 is 9.73 Å². The van der Waals surface area contributed by atoms with Gasteiger partial charge in [0.2, 0.25) is 0 Å². The Morgan fingerprint density at radius 3 is 3.00 bits per heavy atom. The van der Waals surface area contributed by atoms with Crippen LogP contribution in [0, 0.1) is 0 Å². The van der Waals surface area contributed by atoms with Gasteiger partial charge in [0.25, 0.3) is 0 Å². The highest BCUT2D eigenvalue weighted by Gasteiger charge is 2.20. The van der Waals surface area contributed by atoms with E-state index in [9.17, 15) is 0 Å². The molecule has 0 aliphatic heterocycles. The minimum Gasteiger partial charge on any atom is -0.469 e. The van der Waals surface area contributed by atoms with Crippen LogP contribution in [0.3, 0.4) is 0 Å².